The summed E-state index contributed by atoms with van der Waals surface area (Å²) in [6.07, 6.45) is 8.20. The van der Waals surface area contributed by atoms with Crippen LogP contribution in [0.15, 0.2) is 24.3 Å². The van der Waals surface area contributed by atoms with Crippen LogP contribution in [-0.4, -0.2) is 35.3 Å². The lowest BCUT2D eigenvalue weighted by atomic mass is 9.65. The molecular formula is C22H32N2O2. The molecule has 1 aliphatic carbocycles. The summed E-state index contributed by atoms with van der Waals surface area (Å²) in [6.45, 7) is 5.67. The summed E-state index contributed by atoms with van der Waals surface area (Å²) < 4.78 is 0. The summed E-state index contributed by atoms with van der Waals surface area (Å²) in [5.41, 5.74) is 1.30. The average Bonchev–Trinajstić information content (AvgIpc) is 2.67. The molecule has 1 atom stereocenters. The van der Waals surface area contributed by atoms with Crippen molar-refractivity contribution in [3.05, 3.63) is 35.4 Å². The number of hydrogen-bond donors (Lipinski definition) is 1. The highest BCUT2D eigenvalue weighted by molar-refractivity contribution is 6.02. The minimum Gasteiger partial charge on any atom is -0.356 e. The van der Waals surface area contributed by atoms with Crippen LogP contribution in [0.3, 0.4) is 0 Å². The number of carbonyl (C=O) groups is 2. The van der Waals surface area contributed by atoms with E-state index >= 15 is 0 Å². The third-order valence-corrected chi connectivity index (χ3v) is 6.09. The summed E-state index contributed by atoms with van der Waals surface area (Å²) in [6, 6.07) is 7.77. The van der Waals surface area contributed by atoms with Crippen molar-refractivity contribution in [2.24, 2.45) is 0 Å². The third-order valence-electron chi connectivity index (χ3n) is 6.09. The maximum absolute atomic E-state index is 13.4. The first-order chi connectivity index (χ1) is 12.7. The molecule has 2 amide bonds. The number of nitrogens with zero attached hydrogens (tertiary/aromatic N) is 1. The molecule has 0 aromatic heterocycles. The Morgan fingerprint density at radius 2 is 1.88 bits per heavy atom. The Morgan fingerprint density at radius 1 is 1.15 bits per heavy atom. The lowest BCUT2D eigenvalue weighted by Crippen LogP contribution is -2.62. The molecule has 142 valence electrons. The molecule has 1 unspecified atom stereocenters. The van der Waals surface area contributed by atoms with E-state index in [0.717, 1.165) is 62.6 Å². The van der Waals surface area contributed by atoms with Crippen LogP contribution in [0.5, 0.6) is 0 Å². The molecule has 1 aliphatic heterocycles. The zero-order valence-corrected chi connectivity index (χ0v) is 16.2. The van der Waals surface area contributed by atoms with Gasteiger partial charge in [-0.3, -0.25) is 9.59 Å². The highest BCUT2D eigenvalue weighted by Crippen LogP contribution is 2.49. The van der Waals surface area contributed by atoms with E-state index in [1.807, 2.05) is 24.3 Å². The minimum atomic E-state index is -0.351. The van der Waals surface area contributed by atoms with Crippen LogP contribution in [0.1, 0.15) is 87.1 Å². The standard InChI is InChI=1S/C22H32N2O2/c1-3-5-16-24-21(26)18-12-8-7-11-17(18)19(20(25)23-15-4-2)22(24)13-9-6-10-14-22/h7-8,11-12,19H,3-6,9-10,13-16H2,1-2H3,(H,23,25). The number of nitrogens with one attached hydrogen (secondary N) is 1. The van der Waals surface area contributed by atoms with Crippen molar-refractivity contribution in [1.82, 2.24) is 10.2 Å². The summed E-state index contributed by atoms with van der Waals surface area (Å²) >= 11 is 0. The van der Waals surface area contributed by atoms with E-state index in [4.69, 9.17) is 0 Å². The van der Waals surface area contributed by atoms with E-state index in [-0.39, 0.29) is 23.3 Å². The molecule has 1 heterocycles. The molecule has 1 saturated carbocycles. The molecule has 1 aromatic rings. The fourth-order valence-electron chi connectivity index (χ4n) is 4.83. The van der Waals surface area contributed by atoms with Crippen molar-refractivity contribution >= 4 is 11.8 Å². The second-order valence-electron chi connectivity index (χ2n) is 7.79. The zero-order chi connectivity index (χ0) is 18.6. The smallest absolute Gasteiger partial charge is 0.254 e. The van der Waals surface area contributed by atoms with Crippen LogP contribution in [0.2, 0.25) is 0 Å². The monoisotopic (exact) mass is 356 g/mol. The average molecular weight is 357 g/mol. The van der Waals surface area contributed by atoms with Crippen LogP contribution in [0.4, 0.5) is 0 Å². The molecule has 1 fully saturated rings. The van der Waals surface area contributed by atoms with Crippen LogP contribution in [-0.2, 0) is 4.79 Å². The molecule has 1 aromatic carbocycles. The Bertz CT molecular complexity index is 649. The SMILES string of the molecule is CCCCN1C(=O)c2ccccc2C(C(=O)NCCC)C12CCCCC2. The van der Waals surface area contributed by atoms with Gasteiger partial charge in [0.15, 0.2) is 0 Å². The van der Waals surface area contributed by atoms with Crippen LogP contribution in [0.25, 0.3) is 0 Å². The van der Waals surface area contributed by atoms with E-state index in [9.17, 15) is 9.59 Å². The lowest BCUT2D eigenvalue weighted by molar-refractivity contribution is -0.127. The quantitative estimate of drug-likeness (QED) is 0.828. The zero-order valence-electron chi connectivity index (χ0n) is 16.2. The summed E-state index contributed by atoms with van der Waals surface area (Å²) in [4.78, 5) is 28.7. The topological polar surface area (TPSA) is 49.4 Å². The second kappa shape index (κ2) is 8.24. The van der Waals surface area contributed by atoms with Crippen LogP contribution >= 0.6 is 0 Å². The van der Waals surface area contributed by atoms with Crippen LogP contribution in [0, 0.1) is 0 Å². The largest absolute Gasteiger partial charge is 0.356 e. The molecule has 0 saturated heterocycles. The van der Waals surface area contributed by atoms with Gasteiger partial charge in [0.25, 0.3) is 5.91 Å². The summed E-state index contributed by atoms with van der Waals surface area (Å²) in [5.74, 6) is -0.0363. The van der Waals surface area contributed by atoms with Gasteiger partial charge in [-0.25, -0.2) is 0 Å². The van der Waals surface area contributed by atoms with Gasteiger partial charge in [-0.2, -0.15) is 0 Å². The predicted octanol–water partition coefficient (Wildman–Crippen LogP) is 4.26. The number of amides is 2. The number of hydrogen-bond acceptors (Lipinski definition) is 2. The van der Waals surface area contributed by atoms with Crippen molar-refractivity contribution < 1.29 is 9.59 Å². The van der Waals surface area contributed by atoms with Gasteiger partial charge in [-0.1, -0.05) is 57.7 Å². The Hall–Kier alpha value is -1.84. The van der Waals surface area contributed by atoms with Crippen molar-refractivity contribution in [2.75, 3.05) is 13.1 Å². The molecule has 0 radical (unpaired) electrons. The molecule has 1 N–H and O–H groups in total. The highest BCUT2D eigenvalue weighted by Gasteiger charge is 2.54. The predicted molar refractivity (Wildman–Crippen MR) is 104 cm³/mol. The lowest BCUT2D eigenvalue weighted by Gasteiger charge is -2.53. The van der Waals surface area contributed by atoms with Crippen molar-refractivity contribution in [1.29, 1.82) is 0 Å². The number of carbonyl (C=O) groups excluding carboxylic acids is 2. The minimum absolute atomic E-state index is 0.0928. The van der Waals surface area contributed by atoms with Crippen LogP contribution < -0.4 is 5.32 Å². The normalized spacial score (nSPS) is 21.5. The van der Waals surface area contributed by atoms with E-state index in [1.54, 1.807) is 0 Å². The summed E-state index contributed by atoms with van der Waals surface area (Å²) in [7, 11) is 0. The Labute approximate surface area is 157 Å². The van der Waals surface area contributed by atoms with E-state index in [1.165, 1.54) is 6.42 Å². The number of fused-ring (bicyclic) bond motifs is 1. The highest BCUT2D eigenvalue weighted by atomic mass is 16.2. The molecule has 26 heavy (non-hydrogen) atoms. The van der Waals surface area contributed by atoms with Gasteiger partial charge >= 0.3 is 0 Å². The number of benzene rings is 1. The van der Waals surface area contributed by atoms with Gasteiger partial charge in [0.05, 0.1) is 11.5 Å². The van der Waals surface area contributed by atoms with Crippen molar-refractivity contribution in [3.63, 3.8) is 0 Å². The maximum atomic E-state index is 13.4. The molecular weight excluding hydrogens is 324 g/mol. The van der Waals surface area contributed by atoms with Gasteiger partial charge in [-0.05, 0) is 37.3 Å². The maximum Gasteiger partial charge on any atom is 0.254 e. The number of rotatable bonds is 6. The Kier molecular flexibility index (Phi) is 6.00. The van der Waals surface area contributed by atoms with E-state index < -0.39 is 0 Å². The molecule has 4 nitrogen and oxygen atoms in total. The Balaban J connectivity index is 2.10. The second-order valence-corrected chi connectivity index (χ2v) is 7.79. The molecule has 1 spiro atoms. The first-order valence-electron chi connectivity index (χ1n) is 10.3. The molecule has 3 rings (SSSR count). The van der Waals surface area contributed by atoms with Gasteiger partial charge in [-0.15, -0.1) is 0 Å². The van der Waals surface area contributed by atoms with Gasteiger partial charge in [0.1, 0.15) is 0 Å². The third kappa shape index (κ3) is 3.26. The first kappa shape index (κ1) is 18.9. The fourth-order valence-corrected chi connectivity index (χ4v) is 4.83. The fraction of sp³-hybridized carbons (Fsp3) is 0.636. The van der Waals surface area contributed by atoms with Gasteiger partial charge in [0, 0.05) is 18.7 Å². The van der Waals surface area contributed by atoms with Crippen molar-refractivity contribution in [3.8, 4) is 0 Å². The molecule has 0 bridgehead atoms. The summed E-state index contributed by atoms with van der Waals surface area (Å²) in [5, 5.41) is 3.13. The van der Waals surface area contributed by atoms with Gasteiger partial charge in [0.2, 0.25) is 5.91 Å². The number of unbranched alkanes of at least 4 members (excludes halogenated alkanes) is 1. The van der Waals surface area contributed by atoms with Crippen molar-refractivity contribution in [2.45, 2.75) is 76.7 Å². The Morgan fingerprint density at radius 3 is 2.58 bits per heavy atom. The van der Waals surface area contributed by atoms with Gasteiger partial charge < -0.3 is 10.2 Å². The molecule has 2 aliphatic rings. The first-order valence-corrected chi connectivity index (χ1v) is 10.3. The molecule has 4 heteroatoms. The van der Waals surface area contributed by atoms with E-state index in [2.05, 4.69) is 24.1 Å². The van der Waals surface area contributed by atoms with E-state index in [0.29, 0.717) is 6.54 Å².